The van der Waals surface area contributed by atoms with E-state index in [2.05, 4.69) is 15.6 Å². The number of carbonyl (C=O) groups excluding carboxylic acids is 1. The fourth-order valence-electron chi connectivity index (χ4n) is 2.53. The van der Waals surface area contributed by atoms with Crippen LogP contribution in [0.15, 0.2) is 77.2 Å². The third-order valence-electron chi connectivity index (χ3n) is 3.77. The van der Waals surface area contributed by atoms with Crippen LogP contribution in [0.25, 0.3) is 11.1 Å². The SMILES string of the molecule is O=C(Nc1cccc(Nc2nc3ccccc3o2)c1)c1ccc(F)cc1. The summed E-state index contributed by atoms with van der Waals surface area (Å²) < 4.78 is 18.6. The molecule has 0 aliphatic rings. The summed E-state index contributed by atoms with van der Waals surface area (Å²) in [4.78, 5) is 16.6. The molecule has 0 bridgehead atoms. The molecule has 0 saturated heterocycles. The first-order chi connectivity index (χ1) is 12.7. The molecular formula is C20H14FN3O2. The molecular weight excluding hydrogens is 333 g/mol. The standard InChI is InChI=1S/C20H14FN3O2/c21-14-10-8-13(9-11-14)19(25)22-15-4-3-5-16(12-15)23-20-24-17-6-1-2-7-18(17)26-20/h1-12H,(H,22,25)(H,23,24). The summed E-state index contributed by atoms with van der Waals surface area (Å²) in [5.74, 6) is -0.699. The third kappa shape index (κ3) is 3.39. The van der Waals surface area contributed by atoms with Gasteiger partial charge in [0.25, 0.3) is 11.9 Å². The first-order valence-electron chi connectivity index (χ1n) is 7.97. The van der Waals surface area contributed by atoms with Crippen molar-refractivity contribution >= 4 is 34.4 Å². The van der Waals surface area contributed by atoms with Crippen LogP contribution >= 0.6 is 0 Å². The van der Waals surface area contributed by atoms with E-state index >= 15 is 0 Å². The number of aromatic nitrogens is 1. The maximum atomic E-state index is 13.0. The number of hydrogen-bond acceptors (Lipinski definition) is 4. The van der Waals surface area contributed by atoms with Crippen LogP contribution in [-0.4, -0.2) is 10.9 Å². The van der Waals surface area contributed by atoms with Crippen molar-refractivity contribution < 1.29 is 13.6 Å². The minimum Gasteiger partial charge on any atom is -0.423 e. The van der Waals surface area contributed by atoms with Gasteiger partial charge in [-0.15, -0.1) is 0 Å². The van der Waals surface area contributed by atoms with Gasteiger partial charge in [0.2, 0.25) is 0 Å². The molecule has 128 valence electrons. The van der Waals surface area contributed by atoms with Crippen LogP contribution in [0.2, 0.25) is 0 Å². The Balaban J connectivity index is 1.50. The fourth-order valence-corrected chi connectivity index (χ4v) is 2.53. The number of carbonyl (C=O) groups is 1. The quantitative estimate of drug-likeness (QED) is 0.547. The van der Waals surface area contributed by atoms with Crippen molar-refractivity contribution in [2.45, 2.75) is 0 Å². The smallest absolute Gasteiger partial charge is 0.300 e. The number of anilines is 3. The van der Waals surface area contributed by atoms with E-state index in [1.165, 1.54) is 24.3 Å². The summed E-state index contributed by atoms with van der Waals surface area (Å²) in [6, 6.07) is 20.4. The molecule has 6 heteroatoms. The van der Waals surface area contributed by atoms with Gasteiger partial charge in [-0.3, -0.25) is 4.79 Å². The van der Waals surface area contributed by atoms with E-state index in [4.69, 9.17) is 4.42 Å². The van der Waals surface area contributed by atoms with Crippen molar-refractivity contribution in [3.8, 4) is 0 Å². The summed E-state index contributed by atoms with van der Waals surface area (Å²) >= 11 is 0. The summed E-state index contributed by atoms with van der Waals surface area (Å²) in [7, 11) is 0. The van der Waals surface area contributed by atoms with Crippen LogP contribution < -0.4 is 10.6 Å². The molecule has 1 aromatic heterocycles. The van der Waals surface area contributed by atoms with Crippen molar-refractivity contribution in [2.75, 3.05) is 10.6 Å². The first-order valence-corrected chi connectivity index (χ1v) is 7.97. The molecule has 0 unspecified atom stereocenters. The number of hydrogen-bond donors (Lipinski definition) is 2. The highest BCUT2D eigenvalue weighted by Gasteiger charge is 2.08. The van der Waals surface area contributed by atoms with Gasteiger partial charge in [0.05, 0.1) is 0 Å². The maximum absolute atomic E-state index is 13.0. The Morgan fingerprint density at radius 1 is 0.923 bits per heavy atom. The molecule has 3 aromatic carbocycles. The molecule has 0 aliphatic carbocycles. The van der Waals surface area contributed by atoms with Gasteiger partial charge < -0.3 is 15.1 Å². The molecule has 4 aromatic rings. The van der Waals surface area contributed by atoms with Crippen LogP contribution in [0.4, 0.5) is 21.8 Å². The molecule has 0 atom stereocenters. The second-order valence-electron chi connectivity index (χ2n) is 5.65. The molecule has 0 aliphatic heterocycles. The molecule has 5 nitrogen and oxygen atoms in total. The van der Waals surface area contributed by atoms with E-state index in [0.29, 0.717) is 28.5 Å². The van der Waals surface area contributed by atoms with E-state index in [1.54, 1.807) is 18.2 Å². The second-order valence-corrected chi connectivity index (χ2v) is 5.65. The molecule has 0 fully saturated rings. The van der Waals surface area contributed by atoms with Crippen molar-refractivity contribution in [3.05, 3.63) is 84.2 Å². The highest BCUT2D eigenvalue weighted by Crippen LogP contribution is 2.23. The summed E-state index contributed by atoms with van der Waals surface area (Å²) in [5.41, 5.74) is 3.14. The average molecular weight is 347 g/mol. The molecule has 2 N–H and O–H groups in total. The van der Waals surface area contributed by atoms with Gasteiger partial charge in [-0.05, 0) is 54.6 Å². The highest BCUT2D eigenvalue weighted by molar-refractivity contribution is 6.04. The lowest BCUT2D eigenvalue weighted by molar-refractivity contribution is 0.102. The van der Waals surface area contributed by atoms with Crippen LogP contribution in [0.5, 0.6) is 0 Å². The third-order valence-corrected chi connectivity index (χ3v) is 3.77. The second kappa shape index (κ2) is 6.68. The van der Waals surface area contributed by atoms with Crippen LogP contribution in [0, 0.1) is 5.82 Å². The largest absolute Gasteiger partial charge is 0.423 e. The van der Waals surface area contributed by atoms with Crippen LogP contribution in [0.1, 0.15) is 10.4 Å². The summed E-state index contributed by atoms with van der Waals surface area (Å²) in [6.45, 7) is 0. The zero-order valence-electron chi connectivity index (χ0n) is 13.6. The predicted octanol–water partition coefficient (Wildman–Crippen LogP) is 4.96. The van der Waals surface area contributed by atoms with E-state index < -0.39 is 0 Å². The van der Waals surface area contributed by atoms with Gasteiger partial charge in [-0.1, -0.05) is 18.2 Å². The number of rotatable bonds is 4. The van der Waals surface area contributed by atoms with Crippen molar-refractivity contribution in [1.29, 1.82) is 0 Å². The van der Waals surface area contributed by atoms with Crippen LogP contribution in [-0.2, 0) is 0 Å². The van der Waals surface area contributed by atoms with Gasteiger partial charge >= 0.3 is 0 Å². The topological polar surface area (TPSA) is 67.2 Å². The van der Waals surface area contributed by atoms with E-state index in [1.807, 2.05) is 30.3 Å². The molecule has 0 saturated carbocycles. The Morgan fingerprint density at radius 2 is 1.69 bits per heavy atom. The minimum absolute atomic E-state index is 0.316. The summed E-state index contributed by atoms with van der Waals surface area (Å²) in [6.07, 6.45) is 0. The number of amides is 1. The number of halogens is 1. The number of nitrogens with one attached hydrogen (secondary N) is 2. The lowest BCUT2D eigenvalue weighted by atomic mass is 10.2. The number of fused-ring (bicyclic) bond motifs is 1. The molecule has 26 heavy (non-hydrogen) atoms. The fraction of sp³-hybridized carbons (Fsp3) is 0. The zero-order chi connectivity index (χ0) is 17.9. The number of para-hydroxylation sites is 2. The Bertz CT molecular complexity index is 1040. The maximum Gasteiger partial charge on any atom is 0.300 e. The Kier molecular flexibility index (Phi) is 4.07. The predicted molar refractivity (Wildman–Crippen MR) is 98.1 cm³/mol. The molecule has 0 spiro atoms. The average Bonchev–Trinajstić information content (AvgIpc) is 3.04. The van der Waals surface area contributed by atoms with E-state index in [0.717, 1.165) is 5.52 Å². The Morgan fingerprint density at radius 3 is 2.50 bits per heavy atom. The molecule has 4 rings (SSSR count). The molecule has 1 amide bonds. The molecule has 0 radical (unpaired) electrons. The van der Waals surface area contributed by atoms with Crippen molar-refractivity contribution in [1.82, 2.24) is 4.98 Å². The normalized spacial score (nSPS) is 10.7. The highest BCUT2D eigenvalue weighted by atomic mass is 19.1. The van der Waals surface area contributed by atoms with Crippen LogP contribution in [0.3, 0.4) is 0 Å². The van der Waals surface area contributed by atoms with Gasteiger partial charge in [0, 0.05) is 16.9 Å². The van der Waals surface area contributed by atoms with E-state index in [9.17, 15) is 9.18 Å². The van der Waals surface area contributed by atoms with Crippen molar-refractivity contribution in [2.24, 2.45) is 0 Å². The number of oxazole rings is 1. The lowest BCUT2D eigenvalue weighted by Gasteiger charge is -2.08. The first kappa shape index (κ1) is 15.8. The summed E-state index contributed by atoms with van der Waals surface area (Å²) in [5, 5.41) is 5.85. The Hall–Kier alpha value is -3.67. The van der Waals surface area contributed by atoms with Gasteiger partial charge in [-0.25, -0.2) is 4.39 Å². The van der Waals surface area contributed by atoms with Gasteiger partial charge in [0.1, 0.15) is 11.3 Å². The zero-order valence-corrected chi connectivity index (χ0v) is 13.6. The monoisotopic (exact) mass is 347 g/mol. The van der Waals surface area contributed by atoms with Gasteiger partial charge in [-0.2, -0.15) is 4.98 Å². The van der Waals surface area contributed by atoms with Gasteiger partial charge in [0.15, 0.2) is 5.58 Å². The number of benzene rings is 3. The Labute approximate surface area is 148 Å². The lowest BCUT2D eigenvalue weighted by Crippen LogP contribution is -2.11. The van der Waals surface area contributed by atoms with Crippen molar-refractivity contribution in [3.63, 3.8) is 0 Å². The molecule has 1 heterocycles. The minimum atomic E-state index is -0.383. The van der Waals surface area contributed by atoms with E-state index in [-0.39, 0.29) is 11.7 Å². The number of nitrogens with zero attached hydrogens (tertiary/aromatic N) is 1.